The summed E-state index contributed by atoms with van der Waals surface area (Å²) in [5.74, 6) is -3.06. The fraction of sp³-hybridized carbons (Fsp3) is 0.929. The molecule has 0 bridgehead atoms. The molecule has 0 amide bonds. The number of carboxylic acid groups (broad SMARTS) is 1. The number of aliphatic hydroxyl groups excluding tert-OH is 8. The normalized spacial score (nSPS) is 44.5. The first-order valence-corrected chi connectivity index (χ1v) is 7.98. The smallest absolute Gasteiger partial charge is 0.300 e. The summed E-state index contributed by atoms with van der Waals surface area (Å²) < 4.78 is 15.4. The summed E-state index contributed by atoms with van der Waals surface area (Å²) in [4.78, 5) is 9.00. The van der Waals surface area contributed by atoms with Gasteiger partial charge in [-0.05, 0) is 0 Å². The lowest BCUT2D eigenvalue weighted by Crippen LogP contribution is -2.62. The predicted molar refractivity (Wildman–Crippen MR) is 82.0 cm³/mol. The first-order valence-electron chi connectivity index (χ1n) is 7.98. The highest BCUT2D eigenvalue weighted by Crippen LogP contribution is 2.35. The van der Waals surface area contributed by atoms with E-state index in [2.05, 4.69) is 0 Å². The number of ether oxygens (including phenoxy) is 3. The molecule has 9 N–H and O–H groups in total. The van der Waals surface area contributed by atoms with E-state index < -0.39 is 80.6 Å². The van der Waals surface area contributed by atoms with Crippen LogP contribution in [0.25, 0.3) is 0 Å². The van der Waals surface area contributed by atoms with Crippen LogP contribution in [0.2, 0.25) is 0 Å². The van der Waals surface area contributed by atoms with Gasteiger partial charge in [-0.15, -0.1) is 0 Å². The maximum Gasteiger partial charge on any atom is 0.300 e. The van der Waals surface area contributed by atoms with Gasteiger partial charge >= 0.3 is 0 Å². The van der Waals surface area contributed by atoms with Crippen molar-refractivity contribution in [2.45, 2.75) is 61.7 Å². The molecule has 0 aliphatic carbocycles. The Morgan fingerprint density at radius 3 is 1.85 bits per heavy atom. The highest BCUT2D eigenvalue weighted by Gasteiger charge is 2.58. The number of aliphatic carboxylic acids is 1. The SMILES string of the molecule is CC(=O)O.OC[C@H]1O[C@@](CO)(O[C@H]2O[C@H](CO)[C@@H](O)[C@H](O)[C@H]2O)[C@@H](O)[C@@H]1O. The second-order valence-corrected chi connectivity index (χ2v) is 6.08. The summed E-state index contributed by atoms with van der Waals surface area (Å²) in [6, 6.07) is 0. The Balaban J connectivity index is 0.000000828. The van der Waals surface area contributed by atoms with Crippen LogP contribution in [0.1, 0.15) is 6.92 Å². The zero-order valence-corrected chi connectivity index (χ0v) is 14.4. The molecule has 0 aromatic heterocycles. The number of hydrogen-bond donors (Lipinski definition) is 9. The Labute approximate surface area is 153 Å². The van der Waals surface area contributed by atoms with E-state index in [1.54, 1.807) is 0 Å². The van der Waals surface area contributed by atoms with Crippen LogP contribution in [0, 0.1) is 0 Å². The van der Waals surface area contributed by atoms with Crippen LogP contribution in [-0.2, 0) is 19.0 Å². The van der Waals surface area contributed by atoms with Crippen molar-refractivity contribution in [3.63, 3.8) is 0 Å². The fourth-order valence-corrected chi connectivity index (χ4v) is 2.63. The zero-order valence-electron chi connectivity index (χ0n) is 14.4. The number of rotatable bonds is 5. The first kappa shape index (κ1) is 24.1. The van der Waals surface area contributed by atoms with E-state index in [4.69, 9.17) is 34.3 Å². The quantitative estimate of drug-likeness (QED) is 0.210. The van der Waals surface area contributed by atoms with Crippen molar-refractivity contribution >= 4 is 5.97 Å². The standard InChI is InChI=1S/C12H22O11.C2H4O2/c13-1-4-6(16)8(18)9(19)11(21-4)23-12(3-15)10(20)7(17)5(2-14)22-12;1-2(3)4/h4-11,13-20H,1-3H2;1H3,(H,3,4)/t4-,5-,6-,7-,8+,9-,10+,11-,12+;/m1./s1. The summed E-state index contributed by atoms with van der Waals surface area (Å²) in [6.45, 7) is -1.24. The molecule has 2 aliphatic rings. The second-order valence-electron chi connectivity index (χ2n) is 6.08. The average Bonchev–Trinajstić information content (AvgIpc) is 2.86. The third kappa shape index (κ3) is 5.30. The predicted octanol–water partition coefficient (Wildman–Crippen LogP) is -5.30. The molecule has 27 heavy (non-hydrogen) atoms. The van der Waals surface area contributed by atoms with E-state index in [9.17, 15) is 30.6 Å². The van der Waals surface area contributed by atoms with Crippen molar-refractivity contribution in [1.29, 1.82) is 0 Å². The van der Waals surface area contributed by atoms with Gasteiger partial charge in [0.15, 0.2) is 6.29 Å². The monoisotopic (exact) mass is 402 g/mol. The molecule has 2 fully saturated rings. The number of aliphatic hydroxyl groups is 8. The molecule has 160 valence electrons. The maximum atomic E-state index is 10.00. The Bertz CT molecular complexity index is 470. The van der Waals surface area contributed by atoms with E-state index >= 15 is 0 Å². The van der Waals surface area contributed by atoms with Gasteiger partial charge in [0.25, 0.3) is 5.97 Å². The minimum absolute atomic E-state index is 0.669. The Hall–Kier alpha value is -0.970. The van der Waals surface area contributed by atoms with Crippen LogP contribution in [0.15, 0.2) is 0 Å². The Kier molecular flexibility index (Phi) is 8.91. The first-order chi connectivity index (χ1) is 12.5. The third-order valence-electron chi connectivity index (χ3n) is 4.07. The van der Waals surface area contributed by atoms with Crippen molar-refractivity contribution in [3.8, 4) is 0 Å². The molecule has 0 radical (unpaired) electrons. The molecule has 0 spiro atoms. The molecule has 0 saturated carbocycles. The van der Waals surface area contributed by atoms with Crippen LogP contribution in [0.3, 0.4) is 0 Å². The topological polar surface area (TPSA) is 227 Å². The lowest BCUT2D eigenvalue weighted by molar-refractivity contribution is -0.383. The summed E-state index contributed by atoms with van der Waals surface area (Å²) in [6.07, 6.45) is -12.7. The van der Waals surface area contributed by atoms with Crippen molar-refractivity contribution in [3.05, 3.63) is 0 Å². The van der Waals surface area contributed by atoms with Crippen molar-refractivity contribution < 1.29 is 65.0 Å². The summed E-state index contributed by atoms with van der Waals surface area (Å²) >= 11 is 0. The summed E-state index contributed by atoms with van der Waals surface area (Å²) in [5, 5.41) is 84.1. The van der Waals surface area contributed by atoms with Crippen LogP contribution in [0.4, 0.5) is 0 Å². The molecule has 13 heteroatoms. The van der Waals surface area contributed by atoms with Crippen molar-refractivity contribution in [2.24, 2.45) is 0 Å². The summed E-state index contributed by atoms with van der Waals surface area (Å²) in [5.41, 5.74) is 0. The zero-order chi connectivity index (χ0) is 20.9. The van der Waals surface area contributed by atoms with Gasteiger partial charge in [-0.3, -0.25) is 4.79 Å². The molecule has 2 heterocycles. The van der Waals surface area contributed by atoms with Gasteiger partial charge in [-0.25, -0.2) is 0 Å². The van der Waals surface area contributed by atoms with Crippen LogP contribution < -0.4 is 0 Å². The van der Waals surface area contributed by atoms with Crippen molar-refractivity contribution in [1.82, 2.24) is 0 Å². The molecular formula is C14H26O13. The third-order valence-corrected chi connectivity index (χ3v) is 4.07. The van der Waals surface area contributed by atoms with Gasteiger partial charge in [0.1, 0.15) is 49.3 Å². The van der Waals surface area contributed by atoms with Crippen molar-refractivity contribution in [2.75, 3.05) is 19.8 Å². The largest absolute Gasteiger partial charge is 0.481 e. The Morgan fingerprint density at radius 1 is 0.926 bits per heavy atom. The van der Waals surface area contributed by atoms with E-state index in [1.165, 1.54) is 0 Å². The molecule has 0 aromatic rings. The van der Waals surface area contributed by atoms with E-state index in [-0.39, 0.29) is 0 Å². The van der Waals surface area contributed by atoms with Gasteiger partial charge in [-0.2, -0.15) is 0 Å². The van der Waals surface area contributed by atoms with Crippen LogP contribution in [0.5, 0.6) is 0 Å². The number of carboxylic acids is 1. The molecule has 0 aromatic carbocycles. The average molecular weight is 402 g/mol. The highest BCUT2D eigenvalue weighted by molar-refractivity contribution is 5.62. The van der Waals surface area contributed by atoms with Crippen LogP contribution in [-0.4, -0.2) is 127 Å². The van der Waals surface area contributed by atoms with Gasteiger partial charge in [0.2, 0.25) is 5.79 Å². The summed E-state index contributed by atoms with van der Waals surface area (Å²) in [7, 11) is 0. The number of carbonyl (C=O) groups is 1. The molecule has 2 saturated heterocycles. The number of hydrogen-bond acceptors (Lipinski definition) is 12. The minimum Gasteiger partial charge on any atom is -0.481 e. The van der Waals surface area contributed by atoms with Gasteiger partial charge in [0.05, 0.1) is 13.2 Å². The molecule has 9 atom stereocenters. The van der Waals surface area contributed by atoms with Gasteiger partial charge in [0, 0.05) is 6.92 Å². The van der Waals surface area contributed by atoms with E-state index in [1.807, 2.05) is 0 Å². The molecule has 2 aliphatic heterocycles. The van der Waals surface area contributed by atoms with Crippen LogP contribution >= 0.6 is 0 Å². The molecular weight excluding hydrogens is 376 g/mol. The Morgan fingerprint density at radius 2 is 1.44 bits per heavy atom. The lowest BCUT2D eigenvalue weighted by atomic mass is 9.99. The van der Waals surface area contributed by atoms with Gasteiger partial charge < -0.3 is 60.2 Å². The second kappa shape index (κ2) is 9.99. The van der Waals surface area contributed by atoms with E-state index in [0.29, 0.717) is 0 Å². The molecule has 0 unspecified atom stereocenters. The molecule has 2 rings (SSSR count). The minimum atomic E-state index is -2.22. The highest BCUT2D eigenvalue weighted by atomic mass is 16.8. The maximum absolute atomic E-state index is 10.00. The molecule has 13 nitrogen and oxygen atoms in total. The van der Waals surface area contributed by atoms with Gasteiger partial charge in [-0.1, -0.05) is 0 Å². The van der Waals surface area contributed by atoms with E-state index in [0.717, 1.165) is 6.92 Å². The lowest BCUT2D eigenvalue weighted by Gasteiger charge is -2.43. The fourth-order valence-electron chi connectivity index (χ4n) is 2.63.